The van der Waals surface area contributed by atoms with Gasteiger partial charge in [0.1, 0.15) is 44.6 Å². The maximum Gasteiger partial charge on any atom is 0.508 e. The molecule has 366 valence electrons. The predicted octanol–water partition coefficient (Wildman–Crippen LogP) is 11.2. The van der Waals surface area contributed by atoms with E-state index in [9.17, 15) is 24.0 Å². The van der Waals surface area contributed by atoms with Crippen LogP contribution >= 0.6 is 0 Å². The zero-order valence-corrected chi connectivity index (χ0v) is 40.4. The highest BCUT2D eigenvalue weighted by Gasteiger charge is 2.40. The Hall–Kier alpha value is -5.72. The number of esters is 4. The van der Waals surface area contributed by atoms with Crippen molar-refractivity contribution in [1.29, 1.82) is 0 Å². The summed E-state index contributed by atoms with van der Waals surface area (Å²) in [5.74, 6) is -1.75. The van der Waals surface area contributed by atoms with Gasteiger partial charge >= 0.3 is 30.0 Å². The van der Waals surface area contributed by atoms with E-state index in [1.807, 2.05) is 24.3 Å². The minimum Gasteiger partial charge on any atom is -0.492 e. The summed E-state index contributed by atoms with van der Waals surface area (Å²) in [6, 6.07) is 9.24. The number of aryl methyl sites for hydroxylation is 2. The van der Waals surface area contributed by atoms with Gasteiger partial charge in [-0.3, -0.25) is 0 Å². The van der Waals surface area contributed by atoms with Crippen LogP contribution in [0.5, 0.6) is 5.75 Å². The Morgan fingerprint density at radius 1 is 0.672 bits per heavy atom. The quantitative estimate of drug-likeness (QED) is 0.0363. The first-order chi connectivity index (χ1) is 31.9. The maximum absolute atomic E-state index is 16.5. The lowest BCUT2D eigenvalue weighted by molar-refractivity contribution is -0.153. The molecule has 0 amide bonds. The number of carbonyl (C=O) groups excluding carboxylic acids is 5. The van der Waals surface area contributed by atoms with Crippen molar-refractivity contribution >= 4 is 30.0 Å². The molecule has 0 atom stereocenters. The van der Waals surface area contributed by atoms with Gasteiger partial charge in [-0.1, -0.05) is 71.1 Å². The summed E-state index contributed by atoms with van der Waals surface area (Å²) in [4.78, 5) is 62.4. The second-order valence-corrected chi connectivity index (χ2v) is 18.6. The number of benzene rings is 2. The van der Waals surface area contributed by atoms with E-state index in [-0.39, 0.29) is 86.7 Å². The SMILES string of the molecule is C=C(C)C(=O)OCCCc1cc(-c2ccc(C3CCC(CCCCC)CC3)cc2F)cc(CCCOC(=O)C(=C)C)c1OCC(COC(=O)C(=C)C)(COC(=O)C(=C)C)CC1COC(=O)OC1. The zero-order valence-electron chi connectivity index (χ0n) is 40.4. The standard InChI is InChI=1S/C54H71FO12/c1-10-11-12-15-39-18-20-41(21-19-39)42-22-23-46(47(55)28-42)45-26-43(16-13-24-61-49(56)35(2)3)48(44(27-45)17-14-25-62-50(57)36(4)5)65-32-54(33-66-51(58)37(6)7,34-67-52(59)38(8)9)29-40-30-63-53(60)64-31-40/h22-23,26-28,39-41H,2,4,6,8,10-21,24-25,29-34H2,1,3,5,7,9H3. The van der Waals surface area contributed by atoms with Crippen molar-refractivity contribution in [1.82, 2.24) is 0 Å². The van der Waals surface area contributed by atoms with Crippen LogP contribution in [-0.4, -0.2) is 76.3 Å². The van der Waals surface area contributed by atoms with Crippen LogP contribution in [0.2, 0.25) is 0 Å². The molecular formula is C54H71FO12. The summed E-state index contributed by atoms with van der Waals surface area (Å²) < 4.78 is 56.2. The Labute approximate surface area is 396 Å². The monoisotopic (exact) mass is 930 g/mol. The van der Waals surface area contributed by atoms with E-state index in [1.165, 1.54) is 39.5 Å². The zero-order chi connectivity index (χ0) is 49.1. The number of carbonyl (C=O) groups is 5. The largest absolute Gasteiger partial charge is 0.508 e. The van der Waals surface area contributed by atoms with Gasteiger partial charge in [0.2, 0.25) is 0 Å². The first kappa shape index (κ1) is 53.9. The molecule has 1 heterocycles. The van der Waals surface area contributed by atoms with Crippen LogP contribution < -0.4 is 4.74 Å². The lowest BCUT2D eigenvalue weighted by Crippen LogP contribution is -2.44. The van der Waals surface area contributed by atoms with Gasteiger partial charge in [0.05, 0.1) is 18.6 Å². The molecule has 0 radical (unpaired) electrons. The van der Waals surface area contributed by atoms with Gasteiger partial charge in [0, 0.05) is 33.8 Å². The van der Waals surface area contributed by atoms with Crippen molar-refractivity contribution in [3.63, 3.8) is 0 Å². The Morgan fingerprint density at radius 2 is 1.18 bits per heavy atom. The number of hydrogen-bond acceptors (Lipinski definition) is 12. The fourth-order valence-corrected chi connectivity index (χ4v) is 8.46. The molecule has 0 aromatic heterocycles. The smallest absolute Gasteiger partial charge is 0.492 e. The molecule has 1 aliphatic carbocycles. The number of ether oxygens (including phenoxy) is 7. The molecule has 12 nitrogen and oxygen atoms in total. The second-order valence-electron chi connectivity index (χ2n) is 18.6. The molecule has 2 aromatic carbocycles. The molecule has 0 bridgehead atoms. The third-order valence-corrected chi connectivity index (χ3v) is 12.3. The average Bonchev–Trinajstić information content (AvgIpc) is 3.30. The topological polar surface area (TPSA) is 150 Å². The van der Waals surface area contributed by atoms with Crippen LogP contribution in [0.4, 0.5) is 9.18 Å². The van der Waals surface area contributed by atoms with Crippen LogP contribution in [0.25, 0.3) is 11.1 Å². The van der Waals surface area contributed by atoms with Gasteiger partial charge < -0.3 is 33.2 Å². The first-order valence-electron chi connectivity index (χ1n) is 23.6. The number of rotatable bonds is 27. The molecule has 2 aromatic rings. The van der Waals surface area contributed by atoms with Crippen molar-refractivity contribution in [2.24, 2.45) is 17.3 Å². The van der Waals surface area contributed by atoms with Crippen LogP contribution in [-0.2, 0) is 60.4 Å². The molecule has 67 heavy (non-hydrogen) atoms. The van der Waals surface area contributed by atoms with E-state index in [0.717, 1.165) is 37.2 Å². The second kappa shape index (κ2) is 26.6. The third kappa shape index (κ3) is 17.1. The minimum atomic E-state index is -1.24. The molecule has 1 saturated heterocycles. The molecule has 2 fully saturated rings. The van der Waals surface area contributed by atoms with Crippen LogP contribution in [0.3, 0.4) is 0 Å². The molecule has 2 aliphatic rings. The fourth-order valence-electron chi connectivity index (χ4n) is 8.46. The molecule has 0 spiro atoms. The third-order valence-electron chi connectivity index (χ3n) is 12.3. The molecule has 0 N–H and O–H groups in total. The van der Waals surface area contributed by atoms with Crippen molar-refractivity contribution in [2.45, 2.75) is 124 Å². The van der Waals surface area contributed by atoms with E-state index in [2.05, 4.69) is 33.2 Å². The summed E-state index contributed by atoms with van der Waals surface area (Å²) in [7, 11) is 0. The van der Waals surface area contributed by atoms with Gasteiger partial charge in [-0.05, 0) is 138 Å². The summed E-state index contributed by atoms with van der Waals surface area (Å²) in [6.45, 7) is 22.5. The number of halogens is 1. The molecule has 1 aliphatic heterocycles. The van der Waals surface area contributed by atoms with Gasteiger partial charge in [-0.2, -0.15) is 0 Å². The summed E-state index contributed by atoms with van der Waals surface area (Å²) in [5, 5.41) is 0. The van der Waals surface area contributed by atoms with E-state index < -0.39 is 41.4 Å². The lowest BCUT2D eigenvalue weighted by atomic mass is 9.77. The van der Waals surface area contributed by atoms with E-state index in [4.69, 9.17) is 33.2 Å². The van der Waals surface area contributed by atoms with Crippen molar-refractivity contribution in [3.05, 3.63) is 101 Å². The lowest BCUT2D eigenvalue weighted by Gasteiger charge is -2.36. The number of cyclic esters (lactones) is 2. The molecule has 13 heteroatoms. The Bertz CT molecular complexity index is 2020. The predicted molar refractivity (Wildman–Crippen MR) is 254 cm³/mol. The molecule has 0 unspecified atom stereocenters. The first-order valence-corrected chi connectivity index (χ1v) is 23.6. The average molecular weight is 931 g/mol. The Balaban J connectivity index is 1.79. The summed E-state index contributed by atoms with van der Waals surface area (Å²) >= 11 is 0. The summed E-state index contributed by atoms with van der Waals surface area (Å²) in [5.41, 5.74) is 2.86. The number of hydrogen-bond donors (Lipinski definition) is 0. The molecule has 4 rings (SSSR count). The van der Waals surface area contributed by atoms with Crippen molar-refractivity contribution in [2.75, 3.05) is 46.2 Å². The maximum atomic E-state index is 16.5. The highest BCUT2D eigenvalue weighted by Crippen LogP contribution is 2.41. The normalized spacial score (nSPS) is 16.2. The Morgan fingerprint density at radius 3 is 1.66 bits per heavy atom. The van der Waals surface area contributed by atoms with Gasteiger partial charge in [0.15, 0.2) is 0 Å². The molecule has 1 saturated carbocycles. The highest BCUT2D eigenvalue weighted by atomic mass is 19.1. The van der Waals surface area contributed by atoms with E-state index in [1.54, 1.807) is 19.9 Å². The number of unbranched alkanes of at least 4 members (excludes halogenated alkanes) is 2. The highest BCUT2D eigenvalue weighted by molar-refractivity contribution is 5.88. The van der Waals surface area contributed by atoms with E-state index in [0.29, 0.717) is 53.7 Å². The van der Waals surface area contributed by atoms with Crippen molar-refractivity contribution in [3.8, 4) is 16.9 Å². The summed E-state index contributed by atoms with van der Waals surface area (Å²) in [6.07, 6.45) is 10.0. The Kier molecular flexibility index (Phi) is 21.4. The fraction of sp³-hybridized carbons (Fsp3) is 0.537. The molecular weight excluding hydrogens is 860 g/mol. The van der Waals surface area contributed by atoms with Crippen LogP contribution in [0.15, 0.2) is 78.9 Å². The van der Waals surface area contributed by atoms with Crippen LogP contribution in [0.1, 0.15) is 128 Å². The van der Waals surface area contributed by atoms with Gasteiger partial charge in [-0.15, -0.1) is 0 Å². The van der Waals surface area contributed by atoms with Crippen molar-refractivity contribution < 1.29 is 61.5 Å². The van der Waals surface area contributed by atoms with Gasteiger partial charge in [0.25, 0.3) is 0 Å². The van der Waals surface area contributed by atoms with Crippen LogP contribution in [0, 0.1) is 23.1 Å². The van der Waals surface area contributed by atoms with Gasteiger partial charge in [-0.25, -0.2) is 28.4 Å². The minimum absolute atomic E-state index is 0.00881. The van der Waals surface area contributed by atoms with E-state index >= 15 is 4.39 Å².